The first-order chi connectivity index (χ1) is 5.79. The lowest BCUT2D eigenvalue weighted by Gasteiger charge is -2.38. The molecule has 0 bridgehead atoms. The summed E-state index contributed by atoms with van der Waals surface area (Å²) in [7, 11) is -0.554. The smallest absolute Gasteiger partial charge is 0.229 e. The summed E-state index contributed by atoms with van der Waals surface area (Å²) < 4.78 is 3.60. The van der Waals surface area contributed by atoms with Gasteiger partial charge in [0.1, 0.15) is 0 Å². The fraction of sp³-hybridized carbons (Fsp3) is 0. The highest BCUT2D eigenvalue weighted by Crippen LogP contribution is 2.16. The van der Waals surface area contributed by atoms with Crippen molar-refractivity contribution in [3.8, 4) is 0 Å². The first-order valence-electron chi connectivity index (χ1n) is 3.39. The Morgan fingerprint density at radius 2 is 1.67 bits per heavy atom. The van der Waals surface area contributed by atoms with E-state index in [0.717, 1.165) is 0 Å². The molecular weight excluding hydrogens is 227 g/mol. The van der Waals surface area contributed by atoms with Gasteiger partial charge in [0.2, 0.25) is 0 Å². The molecule has 1 fully saturated rings. The topological polar surface area (TPSA) is 6.48 Å². The van der Waals surface area contributed by atoms with E-state index in [1.54, 1.807) is 7.50 Å². The van der Waals surface area contributed by atoms with Gasteiger partial charge in [-0.05, 0) is 28.7 Å². The summed E-state index contributed by atoms with van der Waals surface area (Å²) in [6.45, 7) is 0. The molecule has 61 valence electrons. The second-order valence-electron chi connectivity index (χ2n) is 2.35. The second-order valence-corrected chi connectivity index (χ2v) is 8.27. The van der Waals surface area contributed by atoms with Crippen LogP contribution in [-0.4, -0.2) is 26.5 Å². The summed E-state index contributed by atoms with van der Waals surface area (Å²) >= 11 is 11.8. The maximum atomic E-state index is 5.91. The van der Waals surface area contributed by atoms with Crippen molar-refractivity contribution in [2.75, 3.05) is 0 Å². The molecule has 6 heteroatoms. The van der Waals surface area contributed by atoms with E-state index < -0.39 is 9.12 Å². The maximum absolute atomic E-state index is 5.91. The van der Waals surface area contributed by atoms with Gasteiger partial charge in [-0.25, -0.2) is 7.50 Å². The molecule has 0 aromatic heterocycles. The van der Waals surface area contributed by atoms with Crippen molar-refractivity contribution in [2.45, 2.75) is 0 Å². The summed E-state index contributed by atoms with van der Waals surface area (Å²) in [5, 5.41) is 1.23. The Kier molecular flexibility index (Phi) is 2.54. The van der Waals surface area contributed by atoms with Crippen molar-refractivity contribution in [3.63, 3.8) is 0 Å². The number of benzene rings is 1. The Bertz CT molecular complexity index is 264. The first-order valence-corrected chi connectivity index (χ1v) is 6.36. The van der Waals surface area contributed by atoms with Crippen molar-refractivity contribution < 1.29 is 0 Å². The van der Waals surface area contributed by atoms with Crippen LogP contribution in [0.4, 0.5) is 0 Å². The normalized spacial score (nSPS) is 20.8. The monoisotopic (exact) mass is 231 g/mol. The summed E-state index contributed by atoms with van der Waals surface area (Å²) in [6.07, 6.45) is 0. The molecule has 1 saturated heterocycles. The van der Waals surface area contributed by atoms with Crippen molar-refractivity contribution >= 4 is 47.7 Å². The largest absolute Gasteiger partial charge is 0.284 e. The van der Waals surface area contributed by atoms with Crippen LogP contribution in [0.3, 0.4) is 0 Å². The van der Waals surface area contributed by atoms with Gasteiger partial charge in [-0.3, -0.25) is 0 Å². The minimum absolute atomic E-state index is 0.417. The fourth-order valence-electron chi connectivity index (χ4n) is 1.02. The zero-order chi connectivity index (χ0) is 8.55. The molecule has 1 aliphatic rings. The molecule has 0 spiro atoms. The van der Waals surface area contributed by atoms with Crippen LogP contribution in [0.5, 0.6) is 0 Å². The van der Waals surface area contributed by atoms with Crippen LogP contribution < -0.4 is 5.19 Å². The van der Waals surface area contributed by atoms with Crippen LogP contribution >= 0.6 is 23.6 Å². The Hall–Kier alpha value is 0.154. The average Bonchev–Trinajstić information content (AvgIpc) is 2.05. The molecule has 1 aliphatic heterocycles. The fourth-order valence-corrected chi connectivity index (χ4v) is 6.83. The molecule has 1 aromatic rings. The summed E-state index contributed by atoms with van der Waals surface area (Å²) in [6, 6.07) is 10.1. The molecule has 0 saturated carbocycles. The number of hydrogen-bond acceptors (Lipinski definition) is 2. The highest BCUT2D eigenvalue weighted by atomic mass is 35.5. The summed E-state index contributed by atoms with van der Waals surface area (Å²) in [5.74, 6) is 0. The van der Waals surface area contributed by atoms with E-state index in [4.69, 9.17) is 23.6 Å². The SMILES string of the molecule is ClN1[Si]N(Cl)[Si]1c1ccccc1. The van der Waals surface area contributed by atoms with Crippen LogP contribution in [0.25, 0.3) is 0 Å². The van der Waals surface area contributed by atoms with E-state index in [1.807, 2.05) is 18.2 Å². The molecule has 12 heavy (non-hydrogen) atoms. The molecular formula is C6H5Cl2N2Si2. The molecule has 0 unspecified atom stereocenters. The van der Waals surface area contributed by atoms with Gasteiger partial charge in [-0.1, -0.05) is 30.3 Å². The third kappa shape index (κ3) is 1.46. The third-order valence-electron chi connectivity index (χ3n) is 1.58. The molecule has 2 nitrogen and oxygen atoms in total. The highest BCUT2D eigenvalue weighted by molar-refractivity contribution is 6.95. The Morgan fingerprint density at radius 3 is 2.17 bits per heavy atom. The van der Waals surface area contributed by atoms with Crippen LogP contribution in [0.15, 0.2) is 30.3 Å². The van der Waals surface area contributed by atoms with Gasteiger partial charge in [0.25, 0.3) is 19.0 Å². The van der Waals surface area contributed by atoms with E-state index in [9.17, 15) is 0 Å². The average molecular weight is 232 g/mol. The summed E-state index contributed by atoms with van der Waals surface area (Å²) in [5.41, 5.74) is 0. The molecule has 2 rings (SSSR count). The number of hydrogen-bond donors (Lipinski definition) is 0. The predicted molar refractivity (Wildman–Crippen MR) is 53.0 cm³/mol. The second kappa shape index (κ2) is 3.49. The zero-order valence-electron chi connectivity index (χ0n) is 6.04. The molecule has 1 heterocycles. The van der Waals surface area contributed by atoms with Crippen LogP contribution in [0, 0.1) is 0 Å². The number of nitrogens with zero attached hydrogens (tertiary/aromatic N) is 2. The van der Waals surface area contributed by atoms with Gasteiger partial charge in [0, 0.05) is 0 Å². The van der Waals surface area contributed by atoms with Crippen molar-refractivity contribution in [2.24, 2.45) is 0 Å². The van der Waals surface area contributed by atoms with Gasteiger partial charge >= 0.3 is 0 Å². The highest BCUT2D eigenvalue weighted by Gasteiger charge is 2.41. The Morgan fingerprint density at radius 1 is 1.08 bits per heavy atom. The Labute approximate surface area is 85.6 Å². The zero-order valence-corrected chi connectivity index (χ0v) is 9.55. The maximum Gasteiger partial charge on any atom is 0.284 e. The standard InChI is InChI=1S/C6H5Cl2N2Si2/c7-9-11-10(8)12(9)6-4-2-1-3-5-6/h1-5H. The van der Waals surface area contributed by atoms with Crippen molar-refractivity contribution in [3.05, 3.63) is 30.3 Å². The van der Waals surface area contributed by atoms with Gasteiger partial charge in [0.05, 0.1) is 0 Å². The van der Waals surface area contributed by atoms with E-state index in [1.165, 1.54) is 5.19 Å². The minimum Gasteiger partial charge on any atom is -0.229 e. The van der Waals surface area contributed by atoms with Crippen LogP contribution in [0.2, 0.25) is 0 Å². The number of rotatable bonds is 1. The van der Waals surface area contributed by atoms with Crippen LogP contribution in [-0.2, 0) is 0 Å². The van der Waals surface area contributed by atoms with Gasteiger partial charge in [0.15, 0.2) is 0 Å². The van der Waals surface area contributed by atoms with Crippen LogP contribution in [0.1, 0.15) is 0 Å². The van der Waals surface area contributed by atoms with Gasteiger partial charge < -0.3 is 0 Å². The van der Waals surface area contributed by atoms with E-state index in [0.29, 0.717) is 9.84 Å². The van der Waals surface area contributed by atoms with Crippen molar-refractivity contribution in [1.29, 1.82) is 0 Å². The molecule has 3 radical (unpaired) electrons. The molecule has 0 atom stereocenters. The Balaban J connectivity index is 2.20. The molecule has 0 aliphatic carbocycles. The molecule has 0 amide bonds. The lowest BCUT2D eigenvalue weighted by molar-refractivity contribution is 0.801. The first kappa shape index (κ1) is 8.74. The van der Waals surface area contributed by atoms with E-state index in [-0.39, 0.29) is 0 Å². The lowest BCUT2D eigenvalue weighted by atomic mass is 10.4. The number of halogens is 2. The van der Waals surface area contributed by atoms with E-state index in [2.05, 4.69) is 12.1 Å². The molecule has 0 N–H and O–H groups in total. The minimum atomic E-state index is -0.971. The summed E-state index contributed by atoms with van der Waals surface area (Å²) in [4.78, 5) is 0. The van der Waals surface area contributed by atoms with Gasteiger partial charge in [-0.15, -0.1) is 0 Å². The van der Waals surface area contributed by atoms with E-state index >= 15 is 0 Å². The molecule has 1 aromatic carbocycles. The van der Waals surface area contributed by atoms with Gasteiger partial charge in [-0.2, -0.15) is 0 Å². The quantitative estimate of drug-likeness (QED) is 0.523. The third-order valence-corrected chi connectivity index (χ3v) is 6.81. The predicted octanol–water partition coefficient (Wildman–Crippen LogP) is 0.841. The lowest BCUT2D eigenvalue weighted by Crippen LogP contribution is -2.68. The van der Waals surface area contributed by atoms with Crippen molar-refractivity contribution in [1.82, 2.24) is 7.50 Å².